The molecule has 0 aliphatic carbocycles. The first-order valence-corrected chi connectivity index (χ1v) is 10.3. The van der Waals surface area contributed by atoms with Gasteiger partial charge in [0.05, 0.1) is 10.8 Å². The van der Waals surface area contributed by atoms with Crippen molar-refractivity contribution in [2.24, 2.45) is 0 Å². The van der Waals surface area contributed by atoms with Gasteiger partial charge in [0, 0.05) is 19.6 Å². The molecule has 1 fully saturated rings. The summed E-state index contributed by atoms with van der Waals surface area (Å²) in [5, 5.41) is 0.00862. The summed E-state index contributed by atoms with van der Waals surface area (Å²) in [6.07, 6.45) is 0. The number of ether oxygens (including phenoxy) is 2. The third kappa shape index (κ3) is 3.26. The molecule has 0 amide bonds. The number of fused-ring (bicyclic) bond motifs is 1. The zero-order chi connectivity index (χ0) is 16.7. The Balaban J connectivity index is 2.03. The third-order valence-corrected chi connectivity index (χ3v) is 7.26. The van der Waals surface area contributed by atoms with Crippen LogP contribution < -0.4 is 14.2 Å². The molecule has 128 valence electrons. The number of hydrogen-bond acceptors (Lipinski definition) is 6. The minimum Gasteiger partial charge on any atom is -0.486 e. The van der Waals surface area contributed by atoms with Gasteiger partial charge in [0.1, 0.15) is 18.1 Å². The van der Waals surface area contributed by atoms with Crippen LogP contribution in [-0.2, 0) is 20.0 Å². The summed E-state index contributed by atoms with van der Waals surface area (Å²) in [5.74, 6) is 0.0690. The van der Waals surface area contributed by atoms with Crippen LogP contribution in [0.3, 0.4) is 0 Å². The molecule has 1 saturated heterocycles. The Bertz CT molecular complexity index is 824. The van der Waals surface area contributed by atoms with Crippen LogP contribution in [0.1, 0.15) is 0 Å². The van der Waals surface area contributed by atoms with E-state index in [1.54, 1.807) is 6.07 Å². The van der Waals surface area contributed by atoms with Crippen molar-refractivity contribution in [1.82, 2.24) is 9.03 Å². The second-order valence-electron chi connectivity index (χ2n) is 5.02. The summed E-state index contributed by atoms with van der Waals surface area (Å²) >= 11 is 6.09. The summed E-state index contributed by atoms with van der Waals surface area (Å²) in [4.78, 5) is -0.185. The minimum atomic E-state index is -4.02. The molecule has 11 heteroatoms. The number of sulfonamides is 2. The molecule has 2 aliphatic heterocycles. The van der Waals surface area contributed by atoms with E-state index in [0.29, 0.717) is 12.4 Å². The van der Waals surface area contributed by atoms with Gasteiger partial charge in [0.2, 0.25) is 20.0 Å². The van der Waals surface area contributed by atoms with Crippen molar-refractivity contribution >= 4 is 31.6 Å². The number of hydrogen-bond donors (Lipinski definition) is 1. The number of rotatable bonds is 2. The van der Waals surface area contributed by atoms with Crippen molar-refractivity contribution in [3.63, 3.8) is 0 Å². The van der Waals surface area contributed by atoms with Gasteiger partial charge in [-0.3, -0.25) is 0 Å². The first kappa shape index (κ1) is 16.8. The molecule has 0 unspecified atom stereocenters. The van der Waals surface area contributed by atoms with E-state index in [4.69, 9.17) is 21.1 Å². The Morgan fingerprint density at radius 2 is 1.91 bits per heavy atom. The average molecular weight is 383 g/mol. The molecule has 0 saturated carbocycles. The number of nitrogens with zero attached hydrogens (tertiary/aromatic N) is 1. The summed E-state index contributed by atoms with van der Waals surface area (Å²) in [7, 11) is -7.48. The van der Waals surface area contributed by atoms with Crippen LogP contribution in [-0.4, -0.2) is 59.7 Å². The highest BCUT2D eigenvalue weighted by Gasteiger charge is 2.35. The van der Waals surface area contributed by atoms with E-state index in [2.05, 4.69) is 4.72 Å². The predicted molar refractivity (Wildman–Crippen MR) is 83.0 cm³/mol. The fourth-order valence-electron chi connectivity index (χ4n) is 2.41. The highest BCUT2D eigenvalue weighted by atomic mass is 35.5. The van der Waals surface area contributed by atoms with Gasteiger partial charge >= 0.3 is 0 Å². The van der Waals surface area contributed by atoms with Crippen LogP contribution in [0.15, 0.2) is 17.0 Å². The van der Waals surface area contributed by atoms with Crippen molar-refractivity contribution in [2.45, 2.75) is 4.90 Å². The molecule has 23 heavy (non-hydrogen) atoms. The summed E-state index contributed by atoms with van der Waals surface area (Å²) in [6.45, 7) is 0.401. The Morgan fingerprint density at radius 3 is 2.70 bits per heavy atom. The number of nitrogens with one attached hydrogen (secondary N) is 1. The lowest BCUT2D eigenvalue weighted by Crippen LogP contribution is -2.35. The molecule has 0 bridgehead atoms. The molecule has 1 N–H and O–H groups in total. The SMILES string of the molecule is O=S1(=O)CCN(S(=O)(=O)c2c(Cl)ccc3c2OCCO3)CCN1. The molecular weight excluding hydrogens is 368 g/mol. The fourth-order valence-corrected chi connectivity index (χ4v) is 5.60. The van der Waals surface area contributed by atoms with Gasteiger partial charge in [-0.25, -0.2) is 21.6 Å². The molecule has 1 aromatic carbocycles. The van der Waals surface area contributed by atoms with Gasteiger partial charge in [-0.15, -0.1) is 0 Å². The lowest BCUT2D eigenvalue weighted by Gasteiger charge is -2.25. The van der Waals surface area contributed by atoms with Crippen molar-refractivity contribution in [3.05, 3.63) is 17.2 Å². The molecule has 0 atom stereocenters. The molecule has 1 aromatic rings. The second kappa shape index (κ2) is 6.10. The first-order chi connectivity index (χ1) is 10.8. The largest absolute Gasteiger partial charge is 0.486 e. The van der Waals surface area contributed by atoms with Crippen molar-refractivity contribution in [2.75, 3.05) is 38.6 Å². The van der Waals surface area contributed by atoms with Gasteiger partial charge in [-0.2, -0.15) is 4.31 Å². The third-order valence-electron chi connectivity index (χ3n) is 3.51. The van der Waals surface area contributed by atoms with Crippen molar-refractivity contribution in [3.8, 4) is 11.5 Å². The van der Waals surface area contributed by atoms with E-state index in [1.807, 2.05) is 0 Å². The smallest absolute Gasteiger partial charge is 0.248 e. The van der Waals surface area contributed by atoms with Crippen LogP contribution >= 0.6 is 11.6 Å². The minimum absolute atomic E-state index is 0.00552. The Hall–Kier alpha value is -1.07. The van der Waals surface area contributed by atoms with Crippen LogP contribution in [0.4, 0.5) is 0 Å². The van der Waals surface area contributed by atoms with Gasteiger partial charge in [0.15, 0.2) is 11.5 Å². The first-order valence-electron chi connectivity index (χ1n) is 6.87. The van der Waals surface area contributed by atoms with E-state index in [1.165, 1.54) is 6.07 Å². The van der Waals surface area contributed by atoms with Crippen LogP contribution in [0.5, 0.6) is 11.5 Å². The predicted octanol–water partition coefficient (Wildman–Crippen LogP) is 0.0349. The fraction of sp³-hybridized carbons (Fsp3) is 0.500. The summed E-state index contributed by atoms with van der Waals surface area (Å²) in [5.41, 5.74) is 0. The van der Waals surface area contributed by atoms with E-state index in [-0.39, 0.29) is 47.7 Å². The Labute approximate surface area is 139 Å². The van der Waals surface area contributed by atoms with Crippen molar-refractivity contribution < 1.29 is 26.3 Å². The highest BCUT2D eigenvalue weighted by molar-refractivity contribution is 7.90. The number of halogens is 1. The van der Waals surface area contributed by atoms with Crippen molar-refractivity contribution in [1.29, 1.82) is 0 Å². The monoisotopic (exact) mass is 382 g/mol. The molecule has 8 nitrogen and oxygen atoms in total. The quantitative estimate of drug-likeness (QED) is 0.774. The van der Waals surface area contributed by atoms with Gasteiger partial charge in [-0.05, 0) is 12.1 Å². The number of benzene rings is 1. The van der Waals surface area contributed by atoms with Gasteiger partial charge < -0.3 is 9.47 Å². The molecule has 2 heterocycles. The molecule has 0 spiro atoms. The summed E-state index contributed by atoms with van der Waals surface area (Å²) in [6, 6.07) is 2.97. The molecular formula is C12H15ClN2O6S2. The Kier molecular flexibility index (Phi) is 4.45. The summed E-state index contributed by atoms with van der Waals surface area (Å²) < 4.78 is 63.2. The van der Waals surface area contributed by atoms with E-state index >= 15 is 0 Å². The molecule has 3 rings (SSSR count). The topological polar surface area (TPSA) is 102 Å². The molecule has 0 radical (unpaired) electrons. The zero-order valence-corrected chi connectivity index (χ0v) is 14.4. The maximum Gasteiger partial charge on any atom is 0.248 e. The van der Waals surface area contributed by atoms with Crippen LogP contribution in [0.2, 0.25) is 5.02 Å². The maximum atomic E-state index is 12.9. The van der Waals surface area contributed by atoms with Gasteiger partial charge in [-0.1, -0.05) is 11.6 Å². The Morgan fingerprint density at radius 1 is 1.17 bits per heavy atom. The zero-order valence-electron chi connectivity index (χ0n) is 12.0. The maximum absolute atomic E-state index is 12.9. The van der Waals surface area contributed by atoms with E-state index in [9.17, 15) is 16.8 Å². The van der Waals surface area contributed by atoms with E-state index in [0.717, 1.165) is 4.31 Å². The van der Waals surface area contributed by atoms with Gasteiger partial charge in [0.25, 0.3) is 0 Å². The normalized spacial score (nSPS) is 21.6. The van der Waals surface area contributed by atoms with Crippen LogP contribution in [0, 0.1) is 0 Å². The standard InChI is InChI=1S/C12H15ClN2O6S2/c13-9-1-2-10-11(21-7-6-20-10)12(9)23(18,19)15-4-3-14-22(16,17)8-5-15/h1-2,14H,3-8H2. The average Bonchev–Trinajstić information content (AvgIpc) is 2.68. The highest BCUT2D eigenvalue weighted by Crippen LogP contribution is 2.42. The molecule has 2 aliphatic rings. The molecule has 0 aromatic heterocycles. The lowest BCUT2D eigenvalue weighted by atomic mass is 10.3. The van der Waals surface area contributed by atoms with Crippen LogP contribution in [0.25, 0.3) is 0 Å². The lowest BCUT2D eigenvalue weighted by molar-refractivity contribution is 0.166. The van der Waals surface area contributed by atoms with E-state index < -0.39 is 20.0 Å². The second-order valence-corrected chi connectivity index (χ2v) is 9.23.